The van der Waals surface area contributed by atoms with Crippen LogP contribution in [0.4, 0.5) is 28.8 Å². The molecule has 10 aromatic rings. The second-order valence-corrected chi connectivity index (χ2v) is 15.7. The van der Waals surface area contributed by atoms with E-state index in [1.807, 2.05) is 100 Å². The van der Waals surface area contributed by atoms with Crippen molar-refractivity contribution in [3.63, 3.8) is 0 Å². The zero-order valence-electron chi connectivity index (χ0n) is 36.5. The number of fused-ring (bicyclic) bond motifs is 2. The van der Waals surface area contributed by atoms with Gasteiger partial charge in [0.15, 0.2) is 11.6 Å². The van der Waals surface area contributed by atoms with Crippen LogP contribution in [0.1, 0.15) is 55.6 Å². The third-order valence-electron chi connectivity index (χ3n) is 10.5. The second kappa shape index (κ2) is 20.8. The minimum Gasteiger partial charge on any atom is -0.399 e. The van der Waals surface area contributed by atoms with Crippen molar-refractivity contribution in [1.29, 1.82) is 0 Å². The van der Waals surface area contributed by atoms with Gasteiger partial charge in [0, 0.05) is 29.5 Å². The predicted molar refractivity (Wildman–Crippen MR) is 265 cm³/mol. The Morgan fingerprint density at radius 1 is 0.455 bits per heavy atom. The molecule has 0 bridgehead atoms. The number of halogens is 1. The molecule has 0 saturated carbocycles. The van der Waals surface area contributed by atoms with Crippen molar-refractivity contribution < 1.29 is 0 Å². The average molecular weight is 894 g/mol. The van der Waals surface area contributed by atoms with Crippen LogP contribution in [0.3, 0.4) is 0 Å². The first-order chi connectivity index (χ1) is 32.2. The lowest BCUT2D eigenvalue weighted by Gasteiger charge is -2.15. The van der Waals surface area contributed by atoms with Crippen LogP contribution in [-0.2, 0) is 0 Å². The summed E-state index contributed by atoms with van der Waals surface area (Å²) in [5, 5.41) is 10.4. The maximum atomic E-state index is 5.90. The number of nitrogens with one attached hydrogen (secondary N) is 3. The lowest BCUT2D eigenvalue weighted by Crippen LogP contribution is -2.09. The fraction of sp³-hybridized carbons (Fsp3) is 0.120. The molecule has 0 unspecified atom stereocenters. The summed E-state index contributed by atoms with van der Waals surface area (Å²) in [6.45, 7) is 6.26. The van der Waals surface area contributed by atoms with Crippen molar-refractivity contribution in [2.24, 2.45) is 0 Å². The quantitative estimate of drug-likeness (QED) is 0.0769. The highest BCUT2D eigenvalue weighted by Crippen LogP contribution is 2.24. The van der Waals surface area contributed by atoms with Crippen LogP contribution in [0.25, 0.3) is 33.7 Å². The summed E-state index contributed by atoms with van der Waals surface area (Å²) in [6.07, 6.45) is 13.5. The van der Waals surface area contributed by atoms with Gasteiger partial charge in [-0.2, -0.15) is 0 Å². The zero-order valence-corrected chi connectivity index (χ0v) is 37.2. The van der Waals surface area contributed by atoms with E-state index in [4.69, 9.17) is 23.1 Å². The molecule has 15 nitrogen and oxygen atoms in total. The molecule has 330 valence electrons. The summed E-state index contributed by atoms with van der Waals surface area (Å²) in [6, 6.07) is 42.3. The van der Waals surface area contributed by atoms with Crippen molar-refractivity contribution in [1.82, 2.24) is 49.0 Å². The molecule has 16 heteroatoms. The van der Waals surface area contributed by atoms with Gasteiger partial charge in [0.25, 0.3) is 0 Å². The van der Waals surface area contributed by atoms with Crippen LogP contribution in [0, 0.1) is 0 Å². The van der Waals surface area contributed by atoms with E-state index in [-0.39, 0.29) is 18.1 Å². The number of rotatable bonds is 11. The summed E-state index contributed by atoms with van der Waals surface area (Å²) < 4.78 is 3.79. The van der Waals surface area contributed by atoms with Crippen LogP contribution in [0.2, 0.25) is 5.15 Å². The van der Waals surface area contributed by atoms with Gasteiger partial charge in [-0.1, -0.05) is 103 Å². The maximum absolute atomic E-state index is 5.90. The summed E-state index contributed by atoms with van der Waals surface area (Å²) in [7, 11) is 0. The van der Waals surface area contributed by atoms with Crippen LogP contribution in [-0.4, -0.2) is 49.0 Å². The molecular formula is C50H48ClN15. The predicted octanol–water partition coefficient (Wildman–Crippen LogP) is 10.4. The normalized spacial score (nSPS) is 12.2. The molecule has 3 atom stereocenters. The van der Waals surface area contributed by atoms with E-state index >= 15 is 0 Å². The first kappa shape index (κ1) is 44.2. The summed E-state index contributed by atoms with van der Waals surface area (Å²) in [5.74, 6) is 3.51. The molecule has 5 heterocycles. The van der Waals surface area contributed by atoms with E-state index in [1.54, 1.807) is 43.6 Å². The second-order valence-electron chi connectivity index (χ2n) is 15.3. The number of aromatic nitrogens is 10. The van der Waals surface area contributed by atoms with E-state index in [0.29, 0.717) is 45.6 Å². The van der Waals surface area contributed by atoms with Gasteiger partial charge in [0.1, 0.15) is 35.3 Å². The fourth-order valence-electron chi connectivity index (χ4n) is 7.05. The molecule has 7 N–H and O–H groups in total. The Balaban J connectivity index is 0.000000138. The van der Waals surface area contributed by atoms with Crippen LogP contribution in [0.15, 0.2) is 177 Å². The molecule has 0 saturated heterocycles. The summed E-state index contributed by atoms with van der Waals surface area (Å²) in [5.41, 5.74) is 20.2. The first-order valence-electron chi connectivity index (χ1n) is 21.2. The highest BCUT2D eigenvalue weighted by atomic mass is 35.5. The molecule has 0 amide bonds. The van der Waals surface area contributed by atoms with Crippen molar-refractivity contribution in [3.05, 3.63) is 199 Å². The number of nitrogens with two attached hydrogens (primary N) is 2. The Bertz CT molecular complexity index is 3130. The monoisotopic (exact) mass is 893 g/mol. The minimum absolute atomic E-state index is 0.126. The number of hydrogen-bond donors (Lipinski definition) is 5. The Hall–Kier alpha value is -8.43. The fourth-order valence-corrected chi connectivity index (χ4v) is 7.20. The van der Waals surface area contributed by atoms with Crippen LogP contribution in [0.5, 0.6) is 0 Å². The number of anilines is 5. The zero-order chi connectivity index (χ0) is 45.8. The maximum Gasteiger partial charge on any atom is 0.159 e. The van der Waals surface area contributed by atoms with Crippen molar-refractivity contribution in [2.75, 3.05) is 27.4 Å². The number of nitrogen functional groups attached to an aromatic ring is 2. The first-order valence-corrected chi connectivity index (χ1v) is 21.6. The number of benzene rings is 5. The van der Waals surface area contributed by atoms with Gasteiger partial charge in [-0.25, -0.2) is 24.9 Å². The molecule has 5 aromatic carbocycles. The van der Waals surface area contributed by atoms with Crippen LogP contribution >= 0.6 is 11.6 Å². The third-order valence-corrected chi connectivity index (χ3v) is 10.7. The standard InChI is InChI=1S/2C19H18N6.C12H12ClN3/c1-13(14-5-3-2-4-6-14)23-18-10-21-11-19(24-18)25-12-22-16-9-15(20)7-8-17(16)25;1-13(14-5-3-2-4-6-14)23-18-10-21-11-19(24-18)25-12-22-16-8-7-15(20)9-17(16)25;1-9(10-5-3-2-4-6-10)15-12-8-14-7-11(13)16-12/h2*2-13H,20H2,1H3,(H,23,24);2-9H,1H3,(H,15,16)/t2*13-;9-/m000/s1. The molecule has 10 rings (SSSR count). The molecule has 0 aliphatic heterocycles. The topological polar surface area (TPSA) is 201 Å². The van der Waals surface area contributed by atoms with Gasteiger partial charge in [-0.3, -0.25) is 24.1 Å². The molecule has 0 aliphatic rings. The van der Waals surface area contributed by atoms with Gasteiger partial charge < -0.3 is 27.4 Å². The van der Waals surface area contributed by atoms with Gasteiger partial charge in [0.2, 0.25) is 0 Å². The Morgan fingerprint density at radius 2 is 0.879 bits per heavy atom. The van der Waals surface area contributed by atoms with Gasteiger partial charge >= 0.3 is 0 Å². The van der Waals surface area contributed by atoms with Gasteiger partial charge in [-0.15, -0.1) is 0 Å². The molecule has 0 spiro atoms. The van der Waals surface area contributed by atoms with Crippen LogP contribution < -0.4 is 27.4 Å². The summed E-state index contributed by atoms with van der Waals surface area (Å²) in [4.78, 5) is 34.9. The average Bonchev–Trinajstić information content (AvgIpc) is 3.97. The third kappa shape index (κ3) is 11.2. The van der Waals surface area contributed by atoms with E-state index < -0.39 is 0 Å². The van der Waals surface area contributed by atoms with Crippen molar-refractivity contribution in [3.8, 4) is 11.6 Å². The molecule has 5 aromatic heterocycles. The van der Waals surface area contributed by atoms with E-state index in [0.717, 1.165) is 22.1 Å². The SMILES string of the molecule is C[C@H](Nc1cncc(-n2cnc3cc(N)ccc32)n1)c1ccccc1.C[C@H](Nc1cncc(-n2cnc3ccc(N)cc32)n1)c1ccccc1.C[C@H](Nc1cncc(Cl)n1)c1ccccc1. The molecular weight excluding hydrogens is 846 g/mol. The molecule has 0 radical (unpaired) electrons. The Kier molecular flexibility index (Phi) is 13.9. The number of nitrogens with zero attached hydrogens (tertiary/aromatic N) is 10. The molecule has 0 fully saturated rings. The van der Waals surface area contributed by atoms with Crippen molar-refractivity contribution >= 4 is 62.5 Å². The highest BCUT2D eigenvalue weighted by Gasteiger charge is 2.12. The smallest absolute Gasteiger partial charge is 0.159 e. The van der Waals surface area contributed by atoms with Crippen molar-refractivity contribution in [2.45, 2.75) is 38.9 Å². The molecule has 0 aliphatic carbocycles. The summed E-state index contributed by atoms with van der Waals surface area (Å²) >= 11 is 5.76. The minimum atomic E-state index is 0.126. The number of imidazole rings is 2. The Labute approximate surface area is 387 Å². The van der Waals surface area contributed by atoms with Gasteiger partial charge in [-0.05, 0) is 73.9 Å². The molecule has 66 heavy (non-hydrogen) atoms. The van der Waals surface area contributed by atoms with E-state index in [9.17, 15) is 0 Å². The van der Waals surface area contributed by atoms with Gasteiger partial charge in [0.05, 0.1) is 59.2 Å². The lowest BCUT2D eigenvalue weighted by molar-refractivity contribution is 0.865. The highest BCUT2D eigenvalue weighted by molar-refractivity contribution is 6.29. The van der Waals surface area contributed by atoms with E-state index in [2.05, 4.69) is 113 Å². The number of hydrogen-bond acceptors (Lipinski definition) is 13. The largest absolute Gasteiger partial charge is 0.399 e. The Morgan fingerprint density at radius 3 is 1.38 bits per heavy atom. The lowest BCUT2D eigenvalue weighted by atomic mass is 10.1. The van der Waals surface area contributed by atoms with E-state index in [1.165, 1.54) is 22.9 Å².